The highest BCUT2D eigenvalue weighted by molar-refractivity contribution is 7.79. The van der Waals surface area contributed by atoms with Gasteiger partial charge in [0.25, 0.3) is 0 Å². The molecule has 0 radical (unpaired) electrons. The highest BCUT2D eigenvalue weighted by Crippen LogP contribution is 2.36. The fourth-order valence-electron chi connectivity index (χ4n) is 3.42. The van der Waals surface area contributed by atoms with Gasteiger partial charge in [-0.2, -0.15) is 0 Å². The van der Waals surface area contributed by atoms with Gasteiger partial charge in [-0.1, -0.05) is 97.1 Å². The van der Waals surface area contributed by atoms with Crippen LogP contribution in [0.1, 0.15) is 0 Å². The molecule has 0 bridgehead atoms. The molecule has 0 atom stereocenters. The molecule has 0 unspecified atom stereocenters. The summed E-state index contributed by atoms with van der Waals surface area (Å²) in [5.41, 5.74) is 2.03. The van der Waals surface area contributed by atoms with Crippen molar-refractivity contribution in [3.8, 4) is 0 Å². The summed E-state index contributed by atoms with van der Waals surface area (Å²) < 4.78 is 6.48. The van der Waals surface area contributed by atoms with Crippen molar-refractivity contribution in [3.63, 3.8) is 0 Å². The topological polar surface area (TPSA) is 13.1 Å². The summed E-state index contributed by atoms with van der Waals surface area (Å²) in [6, 6.07) is 36.3. The van der Waals surface area contributed by atoms with E-state index in [2.05, 4.69) is 103 Å². The van der Waals surface area contributed by atoms with Crippen LogP contribution in [0.4, 0.5) is 0 Å². The van der Waals surface area contributed by atoms with E-state index in [1.54, 1.807) is 0 Å². The molecule has 0 amide bonds. The van der Waals surface area contributed by atoms with Gasteiger partial charge in [-0.15, -0.1) is 0 Å². The van der Waals surface area contributed by atoms with Crippen molar-refractivity contribution in [1.29, 1.82) is 0 Å². The van der Waals surface area contributed by atoms with Crippen LogP contribution < -0.4 is 16.1 Å². The van der Waals surface area contributed by atoms with Crippen molar-refractivity contribution in [1.82, 2.24) is 0 Å². The summed E-state index contributed by atoms with van der Waals surface area (Å²) in [4.78, 5) is 0. The van der Waals surface area contributed by atoms with Crippen molar-refractivity contribution in [2.75, 3.05) is 0 Å². The van der Waals surface area contributed by atoms with E-state index in [0.29, 0.717) is 0 Å². The third-order valence-electron chi connectivity index (χ3n) is 4.64. The molecule has 1 aromatic heterocycles. The lowest BCUT2D eigenvalue weighted by atomic mass is 10.1. The maximum atomic E-state index is 6.48. The van der Waals surface area contributed by atoms with Gasteiger partial charge in [0.2, 0.25) is 0 Å². The van der Waals surface area contributed by atoms with Crippen LogP contribution in [-0.2, 0) is 0 Å². The molecule has 1 nitrogen and oxygen atoms in total. The van der Waals surface area contributed by atoms with Gasteiger partial charge >= 0.3 is 0 Å². The highest BCUT2D eigenvalue weighted by atomic mass is 31.1. The smallest absolute Gasteiger partial charge is 0.142 e. The Morgan fingerprint density at radius 3 is 1.81 bits per heavy atom. The lowest BCUT2D eigenvalue weighted by Crippen LogP contribution is -2.19. The molecule has 0 spiro atoms. The minimum Gasteiger partial charge on any atom is -0.455 e. The van der Waals surface area contributed by atoms with Crippen molar-refractivity contribution < 1.29 is 4.42 Å². The molecule has 2 heteroatoms. The summed E-state index contributed by atoms with van der Waals surface area (Å²) in [5, 5.41) is 6.16. The van der Waals surface area contributed by atoms with Crippen molar-refractivity contribution in [3.05, 3.63) is 103 Å². The minimum absolute atomic E-state index is 0.715. The van der Waals surface area contributed by atoms with Gasteiger partial charge in [0.15, 0.2) is 0 Å². The molecule has 26 heavy (non-hydrogen) atoms. The molecule has 0 fully saturated rings. The zero-order valence-electron chi connectivity index (χ0n) is 14.2. The molecule has 0 aliphatic heterocycles. The summed E-state index contributed by atoms with van der Waals surface area (Å²) in [6.07, 6.45) is 0. The summed E-state index contributed by atoms with van der Waals surface area (Å²) in [5.74, 6) is 0. The monoisotopic (exact) mass is 352 g/mol. The molecule has 4 aromatic carbocycles. The van der Waals surface area contributed by atoms with Crippen LogP contribution in [0.2, 0.25) is 0 Å². The second-order valence-corrected chi connectivity index (χ2v) is 8.44. The molecule has 0 aliphatic carbocycles. The zero-order chi connectivity index (χ0) is 17.3. The SMILES string of the molecule is c1ccc(P(c2ccccc2)c2cc3ccc4ccccc4c3o2)cc1. The number of furan rings is 1. The van der Waals surface area contributed by atoms with Gasteiger partial charge < -0.3 is 4.42 Å². The predicted octanol–water partition coefficient (Wildman–Crippen LogP) is 5.34. The first-order valence-corrected chi connectivity index (χ1v) is 10.1. The summed E-state index contributed by atoms with van der Waals surface area (Å²) in [6.45, 7) is 0. The average Bonchev–Trinajstić information content (AvgIpc) is 3.14. The average molecular weight is 352 g/mol. The second-order valence-electron chi connectivity index (χ2n) is 6.30. The van der Waals surface area contributed by atoms with Gasteiger partial charge in [0.05, 0.1) is 0 Å². The van der Waals surface area contributed by atoms with E-state index in [0.717, 1.165) is 16.5 Å². The quantitative estimate of drug-likeness (QED) is 0.399. The normalized spacial score (nSPS) is 11.4. The Hall–Kier alpha value is -2.89. The first-order valence-electron chi connectivity index (χ1n) is 8.72. The molecule has 5 aromatic rings. The van der Waals surface area contributed by atoms with E-state index in [9.17, 15) is 0 Å². The maximum absolute atomic E-state index is 6.48. The van der Waals surface area contributed by atoms with Crippen LogP contribution >= 0.6 is 7.92 Å². The van der Waals surface area contributed by atoms with Gasteiger partial charge in [0.1, 0.15) is 11.1 Å². The Morgan fingerprint density at radius 1 is 0.538 bits per heavy atom. The van der Waals surface area contributed by atoms with E-state index >= 15 is 0 Å². The fraction of sp³-hybridized carbons (Fsp3) is 0. The van der Waals surface area contributed by atoms with E-state index in [4.69, 9.17) is 4.42 Å². The molecule has 0 aliphatic rings. The lowest BCUT2D eigenvalue weighted by Gasteiger charge is -2.15. The van der Waals surface area contributed by atoms with Crippen LogP contribution in [0.25, 0.3) is 21.7 Å². The summed E-state index contributed by atoms with van der Waals surface area (Å²) >= 11 is 0. The van der Waals surface area contributed by atoms with E-state index < -0.39 is 7.92 Å². The van der Waals surface area contributed by atoms with Crippen molar-refractivity contribution >= 4 is 45.8 Å². The number of rotatable bonds is 3. The number of benzene rings is 4. The zero-order valence-corrected chi connectivity index (χ0v) is 15.1. The Kier molecular flexibility index (Phi) is 3.81. The lowest BCUT2D eigenvalue weighted by molar-refractivity contribution is 0.658. The molecule has 5 rings (SSSR count). The number of hydrogen-bond donors (Lipinski definition) is 0. The largest absolute Gasteiger partial charge is 0.455 e. The third-order valence-corrected chi connectivity index (χ3v) is 6.94. The first-order chi connectivity index (χ1) is 12.9. The Labute approximate surface area is 153 Å². The molecule has 124 valence electrons. The van der Waals surface area contributed by atoms with Gasteiger partial charge in [-0.3, -0.25) is 0 Å². The van der Waals surface area contributed by atoms with Crippen molar-refractivity contribution in [2.24, 2.45) is 0 Å². The summed E-state index contributed by atoms with van der Waals surface area (Å²) in [7, 11) is -0.715. The first kappa shape index (κ1) is 15.4. The molecule has 1 heterocycles. The standard InChI is InChI=1S/C24H17OP/c1-3-10-20(11-4-1)26(21-12-5-2-6-13-21)23-17-19-16-15-18-9-7-8-14-22(18)24(19)25-23/h1-17H. The Balaban J connectivity index is 1.75. The van der Waals surface area contributed by atoms with Gasteiger partial charge in [-0.25, -0.2) is 0 Å². The third kappa shape index (κ3) is 2.62. The molecular weight excluding hydrogens is 335 g/mol. The Bertz CT molecular complexity index is 1140. The molecular formula is C24H17OP. The molecule has 0 saturated carbocycles. The van der Waals surface area contributed by atoms with Crippen LogP contribution in [0.15, 0.2) is 108 Å². The van der Waals surface area contributed by atoms with E-state index in [1.165, 1.54) is 21.4 Å². The van der Waals surface area contributed by atoms with Crippen LogP contribution in [0, 0.1) is 0 Å². The number of fused-ring (bicyclic) bond motifs is 3. The van der Waals surface area contributed by atoms with Gasteiger partial charge in [-0.05, 0) is 22.1 Å². The van der Waals surface area contributed by atoms with Crippen LogP contribution in [0.3, 0.4) is 0 Å². The fourth-order valence-corrected chi connectivity index (χ4v) is 5.62. The van der Waals surface area contributed by atoms with Gasteiger partial charge in [0, 0.05) is 18.7 Å². The van der Waals surface area contributed by atoms with Crippen molar-refractivity contribution in [2.45, 2.75) is 0 Å². The van der Waals surface area contributed by atoms with Crippen LogP contribution in [0.5, 0.6) is 0 Å². The Morgan fingerprint density at radius 2 is 1.12 bits per heavy atom. The maximum Gasteiger partial charge on any atom is 0.142 e. The predicted molar refractivity (Wildman–Crippen MR) is 112 cm³/mol. The van der Waals surface area contributed by atoms with Crippen LogP contribution in [-0.4, -0.2) is 0 Å². The molecule has 0 N–H and O–H groups in total. The van der Waals surface area contributed by atoms with E-state index in [1.807, 2.05) is 0 Å². The minimum atomic E-state index is -0.715. The van der Waals surface area contributed by atoms with E-state index in [-0.39, 0.29) is 0 Å². The number of hydrogen-bond acceptors (Lipinski definition) is 1. The molecule has 0 saturated heterocycles. The highest BCUT2D eigenvalue weighted by Gasteiger charge is 2.21. The second kappa shape index (κ2) is 6.44.